The first-order chi connectivity index (χ1) is 9.63. The Bertz CT molecular complexity index is 521. The van der Waals surface area contributed by atoms with Gasteiger partial charge in [0.1, 0.15) is 5.75 Å². The highest BCUT2D eigenvalue weighted by atomic mass is 35.5. The molecule has 1 aliphatic heterocycles. The van der Waals surface area contributed by atoms with Crippen LogP contribution < -0.4 is 10.6 Å². The molecule has 2 aliphatic rings. The first-order valence-electron chi connectivity index (χ1n) is 7.13. The summed E-state index contributed by atoms with van der Waals surface area (Å²) >= 11 is 6.02. The van der Waals surface area contributed by atoms with Crippen molar-refractivity contribution >= 4 is 17.5 Å². The summed E-state index contributed by atoms with van der Waals surface area (Å²) in [6.07, 6.45) is 3.21. The van der Waals surface area contributed by atoms with Gasteiger partial charge in [0.2, 0.25) is 0 Å². The minimum Gasteiger partial charge on any atom is -0.508 e. The van der Waals surface area contributed by atoms with Gasteiger partial charge >= 0.3 is 0 Å². The zero-order valence-electron chi connectivity index (χ0n) is 11.2. The molecule has 0 spiro atoms. The Labute approximate surface area is 123 Å². The van der Waals surface area contributed by atoms with Crippen molar-refractivity contribution in [2.24, 2.45) is 11.8 Å². The average Bonchev–Trinajstić information content (AvgIpc) is 2.89. The number of aromatic hydroxyl groups is 1. The van der Waals surface area contributed by atoms with Crippen molar-refractivity contribution in [1.82, 2.24) is 10.6 Å². The second-order valence-corrected chi connectivity index (χ2v) is 6.23. The highest BCUT2D eigenvalue weighted by molar-refractivity contribution is 6.33. The maximum atomic E-state index is 12.3. The molecule has 3 N–H and O–H groups in total. The van der Waals surface area contributed by atoms with Gasteiger partial charge in [0.25, 0.3) is 5.91 Å². The highest BCUT2D eigenvalue weighted by Gasteiger charge is 2.34. The molecule has 0 bridgehead atoms. The predicted molar refractivity (Wildman–Crippen MR) is 78.1 cm³/mol. The molecule has 1 saturated carbocycles. The monoisotopic (exact) mass is 294 g/mol. The molecular formula is C15H19ClN2O2. The van der Waals surface area contributed by atoms with Gasteiger partial charge in [0.05, 0.1) is 10.6 Å². The van der Waals surface area contributed by atoms with Crippen molar-refractivity contribution in [3.63, 3.8) is 0 Å². The fourth-order valence-corrected chi connectivity index (χ4v) is 3.58. The lowest BCUT2D eigenvalue weighted by Crippen LogP contribution is -2.40. The van der Waals surface area contributed by atoms with E-state index in [-0.39, 0.29) is 17.7 Å². The van der Waals surface area contributed by atoms with Gasteiger partial charge in [-0.3, -0.25) is 4.79 Å². The summed E-state index contributed by atoms with van der Waals surface area (Å²) in [6.45, 7) is 2.17. The molecular weight excluding hydrogens is 276 g/mol. The van der Waals surface area contributed by atoms with Gasteiger partial charge in [0.15, 0.2) is 0 Å². The van der Waals surface area contributed by atoms with Crippen molar-refractivity contribution in [3.05, 3.63) is 28.8 Å². The van der Waals surface area contributed by atoms with E-state index in [4.69, 9.17) is 11.6 Å². The van der Waals surface area contributed by atoms with Gasteiger partial charge in [-0.05, 0) is 62.4 Å². The molecule has 1 aromatic rings. The van der Waals surface area contributed by atoms with Crippen LogP contribution in [-0.2, 0) is 0 Å². The van der Waals surface area contributed by atoms with Gasteiger partial charge in [-0.1, -0.05) is 11.6 Å². The van der Waals surface area contributed by atoms with E-state index >= 15 is 0 Å². The van der Waals surface area contributed by atoms with E-state index < -0.39 is 0 Å². The molecule has 1 unspecified atom stereocenters. The number of hydrogen-bond acceptors (Lipinski definition) is 3. The molecule has 3 atom stereocenters. The van der Waals surface area contributed by atoms with Crippen LogP contribution in [0.5, 0.6) is 5.75 Å². The van der Waals surface area contributed by atoms with E-state index in [1.807, 2.05) is 0 Å². The van der Waals surface area contributed by atoms with E-state index in [0.717, 1.165) is 38.3 Å². The molecule has 3 rings (SSSR count). The first-order valence-corrected chi connectivity index (χ1v) is 7.51. The number of phenols is 1. The Morgan fingerprint density at radius 1 is 1.30 bits per heavy atom. The maximum absolute atomic E-state index is 12.3. The molecule has 0 radical (unpaired) electrons. The van der Waals surface area contributed by atoms with Crippen molar-refractivity contribution < 1.29 is 9.90 Å². The number of phenolic OH excluding ortho intramolecular Hbond substituents is 1. The first kappa shape index (κ1) is 13.7. The molecule has 20 heavy (non-hydrogen) atoms. The molecule has 108 valence electrons. The summed E-state index contributed by atoms with van der Waals surface area (Å²) in [6, 6.07) is 4.65. The highest BCUT2D eigenvalue weighted by Crippen LogP contribution is 2.33. The molecule has 1 aromatic carbocycles. The van der Waals surface area contributed by atoms with E-state index in [1.165, 1.54) is 12.1 Å². The number of fused-ring (bicyclic) bond motifs is 1. The normalized spacial score (nSPS) is 28.9. The second-order valence-electron chi connectivity index (χ2n) is 5.83. The number of carbonyl (C=O) groups is 1. The number of benzene rings is 1. The zero-order chi connectivity index (χ0) is 14.1. The van der Waals surface area contributed by atoms with Crippen LogP contribution in [-0.4, -0.2) is 30.1 Å². The van der Waals surface area contributed by atoms with Crippen LogP contribution in [0.4, 0.5) is 0 Å². The van der Waals surface area contributed by atoms with Crippen LogP contribution in [0.3, 0.4) is 0 Å². The number of carbonyl (C=O) groups excluding carboxylic acids is 1. The summed E-state index contributed by atoms with van der Waals surface area (Å²) < 4.78 is 0. The lowest BCUT2D eigenvalue weighted by molar-refractivity contribution is 0.0913. The fourth-order valence-electron chi connectivity index (χ4n) is 3.38. The summed E-state index contributed by atoms with van der Waals surface area (Å²) in [4.78, 5) is 12.3. The van der Waals surface area contributed by atoms with Gasteiger partial charge < -0.3 is 15.7 Å². The van der Waals surface area contributed by atoms with Crippen LogP contribution in [0.25, 0.3) is 0 Å². The largest absolute Gasteiger partial charge is 0.508 e. The molecule has 4 nitrogen and oxygen atoms in total. The minimum absolute atomic E-state index is 0.0586. The second kappa shape index (κ2) is 5.62. The van der Waals surface area contributed by atoms with Gasteiger partial charge in [-0.2, -0.15) is 0 Å². The molecule has 1 amide bonds. The Morgan fingerprint density at radius 2 is 2.10 bits per heavy atom. The average molecular weight is 295 g/mol. The predicted octanol–water partition coefficient (Wildman–Crippen LogP) is 2.16. The van der Waals surface area contributed by atoms with Crippen molar-refractivity contribution in [2.45, 2.75) is 25.3 Å². The summed E-state index contributed by atoms with van der Waals surface area (Å²) in [5.74, 6) is 1.31. The van der Waals surface area contributed by atoms with Gasteiger partial charge in [-0.25, -0.2) is 0 Å². The minimum atomic E-state index is -0.194. The molecule has 1 saturated heterocycles. The number of nitrogens with one attached hydrogen (secondary N) is 2. The van der Waals surface area contributed by atoms with Crippen LogP contribution in [0.2, 0.25) is 5.02 Å². The van der Waals surface area contributed by atoms with Crippen LogP contribution in [0.1, 0.15) is 29.6 Å². The molecule has 2 fully saturated rings. The van der Waals surface area contributed by atoms with Gasteiger partial charge in [-0.15, -0.1) is 0 Å². The van der Waals surface area contributed by atoms with E-state index in [9.17, 15) is 9.90 Å². The van der Waals surface area contributed by atoms with Crippen LogP contribution in [0.15, 0.2) is 18.2 Å². The van der Waals surface area contributed by atoms with E-state index in [2.05, 4.69) is 10.6 Å². The van der Waals surface area contributed by atoms with Crippen molar-refractivity contribution in [3.8, 4) is 5.75 Å². The third-order valence-electron chi connectivity index (χ3n) is 4.48. The molecule has 0 aromatic heterocycles. The van der Waals surface area contributed by atoms with Crippen molar-refractivity contribution in [2.75, 3.05) is 13.1 Å². The smallest absolute Gasteiger partial charge is 0.253 e. The lowest BCUT2D eigenvalue weighted by atomic mass is 9.79. The zero-order valence-corrected chi connectivity index (χ0v) is 12.0. The summed E-state index contributed by atoms with van der Waals surface area (Å²) in [5.41, 5.74) is 0.346. The third-order valence-corrected chi connectivity index (χ3v) is 4.81. The Kier molecular flexibility index (Phi) is 3.85. The molecule has 1 aliphatic carbocycles. The maximum Gasteiger partial charge on any atom is 0.253 e. The number of hydrogen-bond donors (Lipinski definition) is 3. The van der Waals surface area contributed by atoms with Crippen molar-refractivity contribution in [1.29, 1.82) is 0 Å². The Hall–Kier alpha value is -1.26. The van der Waals surface area contributed by atoms with E-state index in [0.29, 0.717) is 16.5 Å². The standard InChI is InChI=1S/C15H19ClN2O2/c16-14-4-3-12(19)6-13(14)15(20)18-11-2-1-9-7-17-8-10(9)5-11/h3-4,6,9-11,17,19H,1-2,5,7-8H2,(H,18,20)/t9-,10+,11?/m0/s1. The number of halogens is 1. The van der Waals surface area contributed by atoms with Crippen LogP contribution >= 0.6 is 11.6 Å². The lowest BCUT2D eigenvalue weighted by Gasteiger charge is -2.31. The quantitative estimate of drug-likeness (QED) is 0.783. The van der Waals surface area contributed by atoms with E-state index in [1.54, 1.807) is 6.07 Å². The third kappa shape index (κ3) is 2.76. The molecule has 5 heteroatoms. The number of rotatable bonds is 2. The number of amides is 1. The van der Waals surface area contributed by atoms with Gasteiger partial charge in [0, 0.05) is 6.04 Å². The fraction of sp³-hybridized carbons (Fsp3) is 0.533. The summed E-state index contributed by atoms with van der Waals surface area (Å²) in [5, 5.41) is 16.3. The Morgan fingerprint density at radius 3 is 2.95 bits per heavy atom. The van der Waals surface area contributed by atoms with Crippen LogP contribution in [0, 0.1) is 11.8 Å². The Balaban J connectivity index is 1.65. The molecule has 1 heterocycles. The topological polar surface area (TPSA) is 61.4 Å². The SMILES string of the molecule is O=C(NC1CC[C@H]2CNC[C@H]2C1)c1cc(O)ccc1Cl. The summed E-state index contributed by atoms with van der Waals surface area (Å²) in [7, 11) is 0.